The van der Waals surface area contributed by atoms with Gasteiger partial charge in [0.25, 0.3) is 0 Å². The third kappa shape index (κ3) is 10.9. The molecule has 0 aliphatic carbocycles. The molecule has 0 fully saturated rings. The first-order valence-corrected chi connectivity index (χ1v) is 12.0. The second kappa shape index (κ2) is 13.8. The van der Waals surface area contributed by atoms with Gasteiger partial charge in [-0.25, -0.2) is 0 Å². The maximum absolute atomic E-state index is 12.3. The highest BCUT2D eigenvalue weighted by molar-refractivity contribution is 5.77. The van der Waals surface area contributed by atoms with E-state index in [1.165, 1.54) is 12.1 Å². The predicted octanol–water partition coefficient (Wildman–Crippen LogP) is 4.35. The van der Waals surface area contributed by atoms with E-state index in [2.05, 4.69) is 0 Å². The number of esters is 3. The Labute approximate surface area is 207 Å². The van der Waals surface area contributed by atoms with Crippen molar-refractivity contribution in [2.75, 3.05) is 0 Å². The molecule has 0 saturated carbocycles. The van der Waals surface area contributed by atoms with Gasteiger partial charge in [-0.1, -0.05) is 40.7 Å². The molecule has 2 unspecified atom stereocenters. The summed E-state index contributed by atoms with van der Waals surface area (Å²) in [5.74, 6) is -3.32. The smallest absolute Gasteiger partial charge is 0.321 e. The van der Waals surface area contributed by atoms with E-state index in [9.17, 15) is 24.3 Å². The van der Waals surface area contributed by atoms with Gasteiger partial charge < -0.3 is 25.1 Å². The fourth-order valence-electron chi connectivity index (χ4n) is 3.44. The number of hydrogen-bond acceptors (Lipinski definition) is 8. The number of nitrogens with two attached hydrogens (primary N) is 1. The summed E-state index contributed by atoms with van der Waals surface area (Å²) in [6, 6.07) is 3.17. The molecule has 1 aromatic rings. The lowest BCUT2D eigenvalue weighted by Gasteiger charge is -2.26. The fraction of sp³-hybridized carbons (Fsp3) is 0.615. The molecular weight excluding hydrogens is 454 g/mol. The summed E-state index contributed by atoms with van der Waals surface area (Å²) in [5, 5.41) is 9.59. The van der Waals surface area contributed by atoms with Gasteiger partial charge in [-0.05, 0) is 49.3 Å². The zero-order valence-electron chi connectivity index (χ0n) is 21.6. The van der Waals surface area contributed by atoms with Crippen molar-refractivity contribution in [3.05, 3.63) is 23.8 Å². The Bertz CT molecular complexity index is 890. The molecule has 35 heavy (non-hydrogen) atoms. The van der Waals surface area contributed by atoms with Crippen molar-refractivity contribution in [3.8, 4) is 11.5 Å². The lowest BCUT2D eigenvalue weighted by atomic mass is 9.86. The van der Waals surface area contributed by atoms with E-state index < -0.39 is 36.0 Å². The monoisotopic (exact) mass is 493 g/mol. The molecule has 0 aliphatic rings. The molecule has 0 heterocycles. The molecule has 0 spiro atoms. The fourth-order valence-corrected chi connectivity index (χ4v) is 3.44. The molecular formula is C26H39NO8. The molecule has 0 amide bonds. The van der Waals surface area contributed by atoms with Gasteiger partial charge in [-0.3, -0.25) is 19.2 Å². The Morgan fingerprint density at radius 1 is 0.943 bits per heavy atom. The summed E-state index contributed by atoms with van der Waals surface area (Å²) in [6.07, 6.45) is 1.22. The number of carboxylic acid groups (broad SMARTS) is 1. The van der Waals surface area contributed by atoms with Gasteiger partial charge in [0, 0.05) is 18.8 Å². The van der Waals surface area contributed by atoms with Crippen LogP contribution in [0.3, 0.4) is 0 Å². The highest BCUT2D eigenvalue weighted by Crippen LogP contribution is 2.35. The summed E-state index contributed by atoms with van der Waals surface area (Å²) in [6.45, 7) is 11.1. The minimum atomic E-state index is -1.31. The van der Waals surface area contributed by atoms with Gasteiger partial charge in [0.1, 0.15) is 6.04 Å². The van der Waals surface area contributed by atoms with Crippen LogP contribution in [0.25, 0.3) is 0 Å². The minimum Gasteiger partial charge on any atom is -0.480 e. The Morgan fingerprint density at radius 2 is 1.49 bits per heavy atom. The number of carboxylic acids is 1. The molecule has 9 nitrogen and oxygen atoms in total. The Hall–Kier alpha value is -2.94. The summed E-state index contributed by atoms with van der Waals surface area (Å²) in [7, 11) is 0. The number of carbonyl (C=O) groups is 4. The standard InChI is InChI=1S/C26H39NO8/c1-7-9-21(28)34-19-12-11-17(14-20(19)35-22(29)10-8-2)18(24(27)25(31)32)13-16(3)33-23(30)15-26(4,5)6/h11-12,14,16,18,24H,7-10,13,15,27H2,1-6H3,(H,31,32)/t16?,18?,24-/m0/s1. The molecule has 0 aromatic heterocycles. The van der Waals surface area contributed by atoms with E-state index in [1.54, 1.807) is 13.0 Å². The maximum atomic E-state index is 12.3. The van der Waals surface area contributed by atoms with Crippen LogP contribution >= 0.6 is 0 Å². The highest BCUT2D eigenvalue weighted by atomic mass is 16.6. The second-order valence-corrected chi connectivity index (χ2v) is 9.90. The van der Waals surface area contributed by atoms with Crippen molar-refractivity contribution in [1.82, 2.24) is 0 Å². The SMILES string of the molecule is CCCC(=O)Oc1ccc(C(CC(C)OC(=O)CC(C)(C)C)[C@H](N)C(=O)O)cc1OC(=O)CCC. The first-order valence-electron chi connectivity index (χ1n) is 12.0. The minimum absolute atomic E-state index is 0.00497. The number of hydrogen-bond donors (Lipinski definition) is 2. The van der Waals surface area contributed by atoms with E-state index in [0.717, 1.165) is 0 Å². The topological polar surface area (TPSA) is 142 Å². The lowest BCUT2D eigenvalue weighted by molar-refractivity contribution is -0.151. The number of aliphatic carboxylic acids is 1. The van der Waals surface area contributed by atoms with E-state index >= 15 is 0 Å². The molecule has 1 rings (SSSR count). The molecule has 3 atom stereocenters. The van der Waals surface area contributed by atoms with Crippen LogP contribution in [-0.2, 0) is 23.9 Å². The zero-order valence-corrected chi connectivity index (χ0v) is 21.6. The van der Waals surface area contributed by atoms with Crippen LogP contribution in [0.5, 0.6) is 11.5 Å². The van der Waals surface area contributed by atoms with Crippen LogP contribution in [0.2, 0.25) is 0 Å². The van der Waals surface area contributed by atoms with Crippen molar-refractivity contribution >= 4 is 23.9 Å². The third-order valence-corrected chi connectivity index (χ3v) is 5.06. The zero-order chi connectivity index (χ0) is 26.8. The van der Waals surface area contributed by atoms with Crippen LogP contribution in [-0.4, -0.2) is 41.1 Å². The van der Waals surface area contributed by atoms with Gasteiger partial charge in [0.15, 0.2) is 11.5 Å². The number of ether oxygens (including phenoxy) is 3. The van der Waals surface area contributed by atoms with Crippen molar-refractivity contribution in [3.63, 3.8) is 0 Å². The average Bonchev–Trinajstić information content (AvgIpc) is 2.71. The Balaban J connectivity index is 3.27. The van der Waals surface area contributed by atoms with Crippen LogP contribution < -0.4 is 15.2 Å². The molecule has 0 aliphatic heterocycles. The number of benzene rings is 1. The second-order valence-electron chi connectivity index (χ2n) is 9.90. The van der Waals surface area contributed by atoms with E-state index in [4.69, 9.17) is 19.9 Å². The number of carbonyl (C=O) groups excluding carboxylic acids is 3. The summed E-state index contributed by atoms with van der Waals surface area (Å²) in [4.78, 5) is 48.2. The van der Waals surface area contributed by atoms with Gasteiger partial charge in [0.2, 0.25) is 0 Å². The largest absolute Gasteiger partial charge is 0.480 e. The lowest BCUT2D eigenvalue weighted by Crippen LogP contribution is -2.38. The van der Waals surface area contributed by atoms with Gasteiger partial charge in [-0.2, -0.15) is 0 Å². The maximum Gasteiger partial charge on any atom is 0.321 e. The molecule has 0 radical (unpaired) electrons. The Morgan fingerprint density at radius 3 is 1.97 bits per heavy atom. The number of rotatable bonds is 13. The van der Waals surface area contributed by atoms with Crippen molar-refractivity contribution in [2.24, 2.45) is 11.1 Å². The quantitative estimate of drug-likeness (QED) is 0.303. The third-order valence-electron chi connectivity index (χ3n) is 5.06. The van der Waals surface area contributed by atoms with E-state index in [0.29, 0.717) is 18.4 Å². The molecule has 0 saturated heterocycles. The van der Waals surface area contributed by atoms with Crippen LogP contribution in [0.1, 0.15) is 91.5 Å². The van der Waals surface area contributed by atoms with E-state index in [1.807, 2.05) is 34.6 Å². The summed E-state index contributed by atoms with van der Waals surface area (Å²) < 4.78 is 16.3. The highest BCUT2D eigenvalue weighted by Gasteiger charge is 2.30. The van der Waals surface area contributed by atoms with Crippen LogP contribution in [0.15, 0.2) is 18.2 Å². The van der Waals surface area contributed by atoms with Gasteiger partial charge in [-0.15, -0.1) is 0 Å². The average molecular weight is 494 g/mol. The summed E-state index contributed by atoms with van der Waals surface area (Å²) >= 11 is 0. The normalized spacial score (nSPS) is 13.9. The van der Waals surface area contributed by atoms with Crippen molar-refractivity contribution in [1.29, 1.82) is 0 Å². The molecule has 1 aromatic carbocycles. The first-order chi connectivity index (χ1) is 16.3. The van der Waals surface area contributed by atoms with Gasteiger partial charge in [0.05, 0.1) is 12.5 Å². The molecule has 3 N–H and O–H groups in total. The van der Waals surface area contributed by atoms with Crippen molar-refractivity contribution in [2.45, 2.75) is 98.1 Å². The van der Waals surface area contributed by atoms with Crippen molar-refractivity contribution < 1.29 is 38.5 Å². The predicted molar refractivity (Wildman–Crippen MR) is 130 cm³/mol. The van der Waals surface area contributed by atoms with Crippen LogP contribution in [0, 0.1) is 5.41 Å². The molecule has 196 valence electrons. The molecule has 0 bridgehead atoms. The first kappa shape index (κ1) is 30.1. The molecule has 9 heteroatoms. The summed E-state index contributed by atoms with van der Waals surface area (Å²) in [5.41, 5.74) is 6.20. The van der Waals surface area contributed by atoms with E-state index in [-0.39, 0.29) is 48.6 Å². The Kier molecular flexibility index (Phi) is 11.9. The van der Waals surface area contributed by atoms with Gasteiger partial charge >= 0.3 is 23.9 Å². The van der Waals surface area contributed by atoms with Crippen LogP contribution in [0.4, 0.5) is 0 Å².